The first-order valence-electron chi connectivity index (χ1n) is 7.67. The van der Waals surface area contributed by atoms with Gasteiger partial charge in [0.2, 0.25) is 0 Å². The molecule has 0 amide bonds. The van der Waals surface area contributed by atoms with E-state index in [0.29, 0.717) is 24.1 Å². The fourth-order valence-electron chi connectivity index (χ4n) is 2.67. The lowest BCUT2D eigenvalue weighted by Gasteiger charge is -2.06. The van der Waals surface area contributed by atoms with Gasteiger partial charge in [-0.3, -0.25) is 15.8 Å². The monoisotopic (exact) mass is 307 g/mol. The van der Waals surface area contributed by atoms with Crippen LogP contribution in [0.4, 0.5) is 0 Å². The summed E-state index contributed by atoms with van der Waals surface area (Å²) in [7, 11) is 0. The minimum absolute atomic E-state index is 0.403. The highest BCUT2D eigenvalue weighted by Gasteiger charge is 2.18. The highest BCUT2D eigenvalue weighted by molar-refractivity contribution is 5.51. The molecule has 0 saturated carbocycles. The smallest absolute Gasteiger partial charge is 0.259 e. The summed E-state index contributed by atoms with van der Waals surface area (Å²) >= 11 is 0. The molecule has 0 bridgehead atoms. The van der Waals surface area contributed by atoms with Crippen molar-refractivity contribution in [3.8, 4) is 11.5 Å². The number of hydrazine groups is 1. The Bertz CT molecular complexity index is 763. The molecule has 23 heavy (non-hydrogen) atoms. The molecule has 116 valence electrons. The van der Waals surface area contributed by atoms with E-state index in [-0.39, 0.29) is 0 Å². The van der Waals surface area contributed by atoms with E-state index in [1.807, 2.05) is 30.3 Å². The second-order valence-corrected chi connectivity index (χ2v) is 5.61. The summed E-state index contributed by atoms with van der Waals surface area (Å²) in [5.41, 5.74) is 9.30. The molecular weight excluding hydrogens is 290 g/mol. The van der Waals surface area contributed by atoms with Crippen molar-refractivity contribution in [1.82, 2.24) is 26.0 Å². The maximum Gasteiger partial charge on any atom is 0.259 e. The average Bonchev–Trinajstić information content (AvgIpc) is 3.28. The first kappa shape index (κ1) is 14.0. The van der Waals surface area contributed by atoms with Crippen LogP contribution in [0, 0.1) is 0 Å². The van der Waals surface area contributed by atoms with Crippen LogP contribution in [0.3, 0.4) is 0 Å². The van der Waals surface area contributed by atoms with Gasteiger partial charge in [-0.15, -0.1) is 0 Å². The van der Waals surface area contributed by atoms with E-state index in [1.165, 1.54) is 0 Å². The Hall–Kier alpha value is -2.57. The molecule has 0 spiro atoms. The Balaban J connectivity index is 1.50. The molecule has 0 atom stereocenters. The standard InChI is InChI=1S/C17H17N5O/c1-2-4-12(5-3-1)8-16-21-17(23-22-16)13-6-7-15(18-9-13)14-10-19-20-11-14/h1-7,9,14,19-20H,8,10-11H2. The van der Waals surface area contributed by atoms with Crippen molar-refractivity contribution in [1.29, 1.82) is 0 Å². The maximum atomic E-state index is 5.36. The maximum absolute atomic E-state index is 5.36. The number of nitrogens with zero attached hydrogens (tertiary/aromatic N) is 3. The van der Waals surface area contributed by atoms with Gasteiger partial charge in [0.05, 0.1) is 5.56 Å². The number of rotatable bonds is 4. The van der Waals surface area contributed by atoms with E-state index in [0.717, 1.165) is 29.9 Å². The minimum Gasteiger partial charge on any atom is -0.334 e. The van der Waals surface area contributed by atoms with Gasteiger partial charge in [-0.25, -0.2) is 0 Å². The summed E-state index contributed by atoms with van der Waals surface area (Å²) in [4.78, 5) is 8.98. The van der Waals surface area contributed by atoms with Crippen LogP contribution in [0.2, 0.25) is 0 Å². The summed E-state index contributed by atoms with van der Waals surface area (Å²) in [6.45, 7) is 1.79. The molecule has 1 aliphatic heterocycles. The van der Waals surface area contributed by atoms with Crippen LogP contribution in [-0.4, -0.2) is 28.2 Å². The van der Waals surface area contributed by atoms with Crippen molar-refractivity contribution in [3.63, 3.8) is 0 Å². The molecule has 6 heteroatoms. The molecule has 0 radical (unpaired) electrons. The summed E-state index contributed by atoms with van der Waals surface area (Å²) in [6.07, 6.45) is 2.46. The van der Waals surface area contributed by atoms with Gasteiger partial charge in [-0.05, 0) is 17.7 Å². The van der Waals surface area contributed by atoms with Gasteiger partial charge in [0.15, 0.2) is 5.82 Å². The van der Waals surface area contributed by atoms with Crippen LogP contribution < -0.4 is 10.9 Å². The molecule has 3 heterocycles. The van der Waals surface area contributed by atoms with Crippen molar-refractivity contribution in [3.05, 3.63) is 65.7 Å². The molecule has 4 rings (SSSR count). The third-order valence-electron chi connectivity index (χ3n) is 3.95. The van der Waals surface area contributed by atoms with Gasteiger partial charge in [0.25, 0.3) is 5.89 Å². The number of nitrogens with one attached hydrogen (secondary N) is 2. The van der Waals surface area contributed by atoms with E-state index in [1.54, 1.807) is 6.20 Å². The van der Waals surface area contributed by atoms with E-state index >= 15 is 0 Å². The number of pyridine rings is 1. The Labute approximate surface area is 133 Å². The molecule has 1 aromatic carbocycles. The molecule has 3 aromatic rings. The van der Waals surface area contributed by atoms with Crippen molar-refractivity contribution < 1.29 is 4.52 Å². The number of hydrogen-bond donors (Lipinski definition) is 2. The van der Waals surface area contributed by atoms with Gasteiger partial charge in [-0.1, -0.05) is 35.5 Å². The Morgan fingerprint density at radius 2 is 1.87 bits per heavy atom. The second-order valence-electron chi connectivity index (χ2n) is 5.61. The molecule has 6 nitrogen and oxygen atoms in total. The van der Waals surface area contributed by atoms with Crippen LogP contribution in [0.1, 0.15) is 23.0 Å². The summed E-state index contributed by atoms with van der Waals surface area (Å²) in [5.74, 6) is 1.59. The van der Waals surface area contributed by atoms with Crippen LogP contribution >= 0.6 is 0 Å². The summed E-state index contributed by atoms with van der Waals surface area (Å²) < 4.78 is 5.36. The number of benzene rings is 1. The predicted octanol–water partition coefficient (Wildman–Crippen LogP) is 1.91. The fourth-order valence-corrected chi connectivity index (χ4v) is 2.67. The first-order valence-corrected chi connectivity index (χ1v) is 7.67. The third-order valence-corrected chi connectivity index (χ3v) is 3.95. The lowest BCUT2D eigenvalue weighted by atomic mass is 10.1. The molecular formula is C17H17N5O. The van der Waals surface area contributed by atoms with Gasteiger partial charge in [0, 0.05) is 37.3 Å². The van der Waals surface area contributed by atoms with Crippen LogP contribution in [-0.2, 0) is 6.42 Å². The van der Waals surface area contributed by atoms with Crippen molar-refractivity contribution in [2.75, 3.05) is 13.1 Å². The lowest BCUT2D eigenvalue weighted by Crippen LogP contribution is -2.21. The van der Waals surface area contributed by atoms with Crippen molar-refractivity contribution in [2.45, 2.75) is 12.3 Å². The van der Waals surface area contributed by atoms with Gasteiger partial charge >= 0.3 is 0 Å². The van der Waals surface area contributed by atoms with E-state index < -0.39 is 0 Å². The van der Waals surface area contributed by atoms with Gasteiger partial charge < -0.3 is 4.52 Å². The average molecular weight is 307 g/mol. The molecule has 1 fully saturated rings. The zero-order chi connectivity index (χ0) is 15.5. The van der Waals surface area contributed by atoms with E-state index in [4.69, 9.17) is 4.52 Å². The lowest BCUT2D eigenvalue weighted by molar-refractivity contribution is 0.423. The summed E-state index contributed by atoms with van der Waals surface area (Å²) in [5, 5.41) is 4.05. The predicted molar refractivity (Wildman–Crippen MR) is 85.5 cm³/mol. The normalized spacial score (nSPS) is 15.1. The van der Waals surface area contributed by atoms with Crippen LogP contribution in [0.25, 0.3) is 11.5 Å². The quantitative estimate of drug-likeness (QED) is 0.767. The number of hydrogen-bond acceptors (Lipinski definition) is 6. The highest BCUT2D eigenvalue weighted by atomic mass is 16.5. The number of aromatic nitrogens is 3. The summed E-state index contributed by atoms with van der Waals surface area (Å²) in [6, 6.07) is 14.1. The molecule has 0 unspecified atom stereocenters. The van der Waals surface area contributed by atoms with E-state index in [2.05, 4.69) is 38.1 Å². The second kappa shape index (κ2) is 6.28. The zero-order valence-electron chi connectivity index (χ0n) is 12.6. The third kappa shape index (κ3) is 3.13. The largest absolute Gasteiger partial charge is 0.334 e. The minimum atomic E-state index is 0.403. The molecule has 1 aliphatic rings. The van der Waals surface area contributed by atoms with Crippen LogP contribution in [0.15, 0.2) is 53.2 Å². The van der Waals surface area contributed by atoms with Crippen molar-refractivity contribution in [2.24, 2.45) is 0 Å². The Morgan fingerprint density at radius 3 is 2.61 bits per heavy atom. The van der Waals surface area contributed by atoms with Crippen LogP contribution in [0.5, 0.6) is 0 Å². The fraction of sp³-hybridized carbons (Fsp3) is 0.235. The molecule has 0 aliphatic carbocycles. The Kier molecular flexibility index (Phi) is 3.83. The van der Waals surface area contributed by atoms with Crippen molar-refractivity contribution >= 4 is 0 Å². The molecule has 2 N–H and O–H groups in total. The van der Waals surface area contributed by atoms with Gasteiger partial charge in [0.1, 0.15) is 0 Å². The zero-order valence-corrected chi connectivity index (χ0v) is 12.6. The SMILES string of the molecule is c1ccc(Cc2noc(-c3ccc(C4CNNC4)nc3)n2)cc1. The highest BCUT2D eigenvalue weighted by Crippen LogP contribution is 2.20. The Morgan fingerprint density at radius 1 is 1.04 bits per heavy atom. The van der Waals surface area contributed by atoms with E-state index in [9.17, 15) is 0 Å². The van der Waals surface area contributed by atoms with Gasteiger partial charge in [-0.2, -0.15) is 4.98 Å². The topological polar surface area (TPSA) is 75.9 Å². The first-order chi connectivity index (χ1) is 11.4. The molecule has 1 saturated heterocycles. The molecule has 2 aromatic heterocycles.